The lowest BCUT2D eigenvalue weighted by atomic mass is 10.2. The fourth-order valence-corrected chi connectivity index (χ4v) is 6.07. The molecule has 1 aliphatic heterocycles. The second-order valence-electron chi connectivity index (χ2n) is 7.93. The van der Waals surface area contributed by atoms with E-state index in [1.54, 1.807) is 6.92 Å². The molecule has 15 heteroatoms. The Morgan fingerprint density at radius 1 is 1.17 bits per heavy atom. The van der Waals surface area contributed by atoms with Gasteiger partial charge in [-0.25, -0.2) is 16.8 Å². The van der Waals surface area contributed by atoms with Gasteiger partial charge in [-0.15, -0.1) is 0 Å². The SMILES string of the molecule is COc1ccc(NC(=O)CN(c2cc([N+](=O)[O-])ccc2C)S(C)(=O)=O)cc1S(=O)(=O)N1CCOCC1. The lowest BCUT2D eigenvalue weighted by Crippen LogP contribution is -2.40. The van der Waals surface area contributed by atoms with E-state index < -0.39 is 37.4 Å². The normalized spacial score (nSPS) is 14.8. The Balaban J connectivity index is 1.90. The van der Waals surface area contributed by atoms with Gasteiger partial charge in [0, 0.05) is 30.9 Å². The van der Waals surface area contributed by atoms with E-state index in [0.717, 1.165) is 16.6 Å². The Labute approximate surface area is 208 Å². The van der Waals surface area contributed by atoms with Crippen LogP contribution in [0, 0.1) is 17.0 Å². The number of non-ortho nitro benzene ring substituents is 1. The molecule has 1 heterocycles. The van der Waals surface area contributed by atoms with Crippen LogP contribution in [-0.4, -0.2) is 78.2 Å². The van der Waals surface area contributed by atoms with Gasteiger partial charge in [-0.05, 0) is 30.7 Å². The highest BCUT2D eigenvalue weighted by atomic mass is 32.2. The summed E-state index contributed by atoms with van der Waals surface area (Å²) in [6.45, 7) is 1.68. The summed E-state index contributed by atoms with van der Waals surface area (Å²) in [7, 11) is -6.66. The molecule has 36 heavy (non-hydrogen) atoms. The van der Waals surface area contributed by atoms with E-state index in [9.17, 15) is 31.7 Å². The summed E-state index contributed by atoms with van der Waals surface area (Å²) in [5, 5.41) is 13.7. The average molecular weight is 543 g/mol. The maximum absolute atomic E-state index is 13.2. The van der Waals surface area contributed by atoms with Gasteiger partial charge in [-0.3, -0.25) is 19.2 Å². The molecule has 1 fully saturated rings. The maximum Gasteiger partial charge on any atom is 0.271 e. The molecule has 0 aromatic heterocycles. The van der Waals surface area contributed by atoms with Crippen molar-refractivity contribution < 1.29 is 36.0 Å². The predicted molar refractivity (Wildman–Crippen MR) is 131 cm³/mol. The fraction of sp³-hybridized carbons (Fsp3) is 0.381. The first-order valence-corrected chi connectivity index (χ1v) is 13.9. The highest BCUT2D eigenvalue weighted by Gasteiger charge is 2.30. The molecule has 0 bridgehead atoms. The predicted octanol–water partition coefficient (Wildman–Crippen LogP) is 1.34. The summed E-state index contributed by atoms with van der Waals surface area (Å²) < 4.78 is 63.6. The van der Waals surface area contributed by atoms with Gasteiger partial charge < -0.3 is 14.8 Å². The molecule has 1 saturated heterocycles. The minimum Gasteiger partial charge on any atom is -0.495 e. The zero-order valence-electron chi connectivity index (χ0n) is 19.8. The number of rotatable bonds is 9. The number of nitro benzene ring substituents is 1. The third-order valence-corrected chi connectivity index (χ3v) is 8.44. The Morgan fingerprint density at radius 3 is 2.42 bits per heavy atom. The molecule has 2 aromatic rings. The molecular weight excluding hydrogens is 516 g/mol. The Kier molecular flexibility index (Phi) is 8.18. The summed E-state index contributed by atoms with van der Waals surface area (Å²) in [6, 6.07) is 7.71. The van der Waals surface area contributed by atoms with Gasteiger partial charge in [-0.1, -0.05) is 6.07 Å². The molecule has 0 spiro atoms. The number of aryl methyl sites for hydroxylation is 1. The van der Waals surface area contributed by atoms with Gasteiger partial charge in [0.25, 0.3) is 5.69 Å². The number of nitro groups is 1. The third-order valence-electron chi connectivity index (χ3n) is 5.40. The van der Waals surface area contributed by atoms with Crippen LogP contribution in [0.3, 0.4) is 0 Å². The summed E-state index contributed by atoms with van der Waals surface area (Å²) in [5.41, 5.74) is 0.143. The standard InChI is InChI=1S/C21H26N4O9S2/c1-15-4-6-17(25(27)28)13-18(15)24(35(3,29)30)14-21(26)22-16-5-7-19(33-2)20(12-16)36(31,32)23-8-10-34-11-9-23/h4-7,12-13H,8-11,14H2,1-3H3,(H,22,26). The number of amides is 1. The number of anilines is 2. The summed E-state index contributed by atoms with van der Waals surface area (Å²) in [5.74, 6) is -0.712. The summed E-state index contributed by atoms with van der Waals surface area (Å²) in [4.78, 5) is 23.2. The number of nitrogens with one attached hydrogen (secondary N) is 1. The van der Waals surface area contributed by atoms with Crippen LogP contribution in [0.15, 0.2) is 41.3 Å². The molecule has 0 atom stereocenters. The Hall–Kier alpha value is -3.27. The molecular formula is C21H26N4O9S2. The molecule has 2 aromatic carbocycles. The number of sulfonamides is 2. The Morgan fingerprint density at radius 2 is 1.83 bits per heavy atom. The van der Waals surface area contributed by atoms with Crippen LogP contribution in [-0.2, 0) is 29.6 Å². The molecule has 1 amide bonds. The molecule has 0 unspecified atom stereocenters. The fourth-order valence-electron chi connectivity index (χ4n) is 3.57. The third kappa shape index (κ3) is 6.10. The van der Waals surface area contributed by atoms with E-state index in [1.165, 1.54) is 41.7 Å². The first-order chi connectivity index (χ1) is 16.8. The highest BCUT2D eigenvalue weighted by Crippen LogP contribution is 2.31. The Bertz CT molecular complexity index is 1370. The molecule has 0 aliphatic carbocycles. The molecule has 1 N–H and O–H groups in total. The second-order valence-corrected chi connectivity index (χ2v) is 11.7. The lowest BCUT2D eigenvalue weighted by molar-refractivity contribution is -0.384. The van der Waals surface area contributed by atoms with Gasteiger partial charge in [-0.2, -0.15) is 4.31 Å². The number of benzene rings is 2. The summed E-state index contributed by atoms with van der Waals surface area (Å²) in [6.07, 6.45) is 0.874. The van der Waals surface area contributed by atoms with E-state index in [1.807, 2.05) is 0 Å². The zero-order valence-corrected chi connectivity index (χ0v) is 21.5. The smallest absolute Gasteiger partial charge is 0.271 e. The van der Waals surface area contributed by atoms with Crippen molar-refractivity contribution in [2.75, 3.05) is 55.8 Å². The number of hydrogen-bond donors (Lipinski definition) is 1. The van der Waals surface area contributed by atoms with E-state index in [2.05, 4.69) is 5.32 Å². The van der Waals surface area contributed by atoms with Gasteiger partial charge >= 0.3 is 0 Å². The second kappa shape index (κ2) is 10.8. The van der Waals surface area contributed by atoms with Crippen LogP contribution < -0.4 is 14.4 Å². The molecule has 1 aliphatic rings. The number of nitrogens with zero attached hydrogens (tertiary/aromatic N) is 3. The van der Waals surface area contributed by atoms with Gasteiger partial charge in [0.2, 0.25) is 26.0 Å². The first-order valence-electron chi connectivity index (χ1n) is 10.6. The molecule has 13 nitrogen and oxygen atoms in total. The largest absolute Gasteiger partial charge is 0.495 e. The monoisotopic (exact) mass is 542 g/mol. The van der Waals surface area contributed by atoms with Crippen molar-refractivity contribution in [3.8, 4) is 5.75 Å². The number of carbonyl (C=O) groups excluding carboxylic acids is 1. The van der Waals surface area contributed by atoms with E-state index in [4.69, 9.17) is 9.47 Å². The van der Waals surface area contributed by atoms with E-state index in [-0.39, 0.29) is 54.0 Å². The molecule has 3 rings (SSSR count). The lowest BCUT2D eigenvalue weighted by Gasteiger charge is -2.27. The first kappa shape index (κ1) is 27.3. The van der Waals surface area contributed by atoms with Crippen LogP contribution >= 0.6 is 0 Å². The van der Waals surface area contributed by atoms with Gasteiger partial charge in [0.05, 0.1) is 37.2 Å². The number of hydrogen-bond acceptors (Lipinski definition) is 9. The van der Waals surface area contributed by atoms with Crippen molar-refractivity contribution >= 4 is 43.0 Å². The number of ether oxygens (including phenoxy) is 2. The minimum absolute atomic E-state index is 0.0211. The van der Waals surface area contributed by atoms with Crippen LogP contribution in [0.1, 0.15) is 5.56 Å². The molecule has 0 saturated carbocycles. The number of methoxy groups -OCH3 is 1. The van der Waals surface area contributed by atoms with Crippen LogP contribution in [0.5, 0.6) is 5.75 Å². The molecule has 0 radical (unpaired) electrons. The van der Waals surface area contributed by atoms with Crippen molar-refractivity contribution in [1.82, 2.24) is 4.31 Å². The van der Waals surface area contributed by atoms with E-state index in [0.29, 0.717) is 5.56 Å². The molecule has 196 valence electrons. The number of carbonyl (C=O) groups is 1. The summed E-state index contributed by atoms with van der Waals surface area (Å²) >= 11 is 0. The van der Waals surface area contributed by atoms with Gasteiger partial charge in [0.15, 0.2) is 0 Å². The maximum atomic E-state index is 13.2. The van der Waals surface area contributed by atoms with Crippen LogP contribution in [0.2, 0.25) is 0 Å². The average Bonchev–Trinajstić information content (AvgIpc) is 2.82. The van der Waals surface area contributed by atoms with Crippen molar-refractivity contribution in [1.29, 1.82) is 0 Å². The van der Waals surface area contributed by atoms with Crippen molar-refractivity contribution in [3.05, 3.63) is 52.1 Å². The van der Waals surface area contributed by atoms with Crippen LogP contribution in [0.4, 0.5) is 17.1 Å². The van der Waals surface area contributed by atoms with Gasteiger partial charge in [0.1, 0.15) is 17.2 Å². The van der Waals surface area contributed by atoms with Crippen LogP contribution in [0.25, 0.3) is 0 Å². The van der Waals surface area contributed by atoms with Crippen molar-refractivity contribution in [2.45, 2.75) is 11.8 Å². The topological polar surface area (TPSA) is 165 Å². The van der Waals surface area contributed by atoms with Crippen molar-refractivity contribution in [3.63, 3.8) is 0 Å². The highest BCUT2D eigenvalue weighted by molar-refractivity contribution is 7.92. The van der Waals surface area contributed by atoms with Crippen molar-refractivity contribution in [2.24, 2.45) is 0 Å². The number of morpholine rings is 1. The van der Waals surface area contributed by atoms with E-state index >= 15 is 0 Å². The minimum atomic E-state index is -4.01. The quantitative estimate of drug-likeness (QED) is 0.363. The zero-order chi connectivity index (χ0) is 26.7.